The van der Waals surface area contributed by atoms with Gasteiger partial charge in [-0.2, -0.15) is 0 Å². The van der Waals surface area contributed by atoms with Gasteiger partial charge in [-0.3, -0.25) is 0 Å². The molecular weight excluding hydrogens is 188 g/mol. The molecule has 0 amide bonds. The summed E-state index contributed by atoms with van der Waals surface area (Å²) in [5.41, 5.74) is 0. The van der Waals surface area contributed by atoms with Crippen LogP contribution in [0.1, 0.15) is 33.6 Å². The summed E-state index contributed by atoms with van der Waals surface area (Å²) >= 11 is 0. The minimum absolute atomic E-state index is 0.226. The van der Waals surface area contributed by atoms with E-state index in [-0.39, 0.29) is 12.6 Å². The summed E-state index contributed by atoms with van der Waals surface area (Å²) in [6.45, 7) is 10.4. The van der Waals surface area contributed by atoms with Gasteiger partial charge in [-0.1, -0.05) is 6.92 Å². The van der Waals surface area contributed by atoms with Gasteiger partial charge in [0, 0.05) is 12.1 Å². The van der Waals surface area contributed by atoms with Gasteiger partial charge in [0.1, 0.15) is 0 Å². The summed E-state index contributed by atoms with van der Waals surface area (Å²) in [6, 6.07) is 0.760. The number of nitrogens with zero attached hydrogens (tertiary/aromatic N) is 1. The van der Waals surface area contributed by atoms with Gasteiger partial charge >= 0.3 is 0 Å². The second-order valence-corrected chi connectivity index (χ2v) is 4.81. The van der Waals surface area contributed by atoms with Crippen LogP contribution in [0.4, 0.5) is 0 Å². The fourth-order valence-corrected chi connectivity index (χ4v) is 2.41. The Hall–Kier alpha value is -0.120. The number of likely N-dealkylation sites (tertiary alicyclic amines) is 1. The van der Waals surface area contributed by atoms with Crippen molar-refractivity contribution in [3.05, 3.63) is 0 Å². The number of aliphatic hydroxyl groups is 1. The lowest BCUT2D eigenvalue weighted by Crippen LogP contribution is -2.45. The Bertz CT molecular complexity index is 167. The molecule has 0 aromatic rings. The monoisotopic (exact) mass is 214 g/mol. The van der Waals surface area contributed by atoms with Crippen LogP contribution >= 0.6 is 0 Å². The normalized spacial score (nSPS) is 24.0. The summed E-state index contributed by atoms with van der Waals surface area (Å²) in [7, 11) is 0. The molecule has 90 valence electrons. The Morgan fingerprint density at radius 3 is 2.40 bits per heavy atom. The average Bonchev–Trinajstić information content (AvgIpc) is 2.29. The van der Waals surface area contributed by atoms with E-state index in [4.69, 9.17) is 5.11 Å². The third-order valence-electron chi connectivity index (χ3n) is 3.61. The molecule has 1 rings (SSSR count). The van der Waals surface area contributed by atoms with Gasteiger partial charge in [0.2, 0.25) is 0 Å². The molecule has 0 aromatic carbocycles. The molecule has 1 heterocycles. The molecular formula is C12H26N2O. The molecule has 0 saturated carbocycles. The van der Waals surface area contributed by atoms with E-state index < -0.39 is 0 Å². The lowest BCUT2D eigenvalue weighted by atomic mass is 9.90. The molecule has 2 N–H and O–H groups in total. The predicted octanol–water partition coefficient (Wildman–Crippen LogP) is 1.08. The van der Waals surface area contributed by atoms with Crippen LogP contribution in [0, 0.1) is 5.92 Å². The van der Waals surface area contributed by atoms with Crippen molar-refractivity contribution in [3.8, 4) is 0 Å². The highest BCUT2D eigenvalue weighted by atomic mass is 16.3. The van der Waals surface area contributed by atoms with Crippen LogP contribution in [0.25, 0.3) is 0 Å². The summed E-state index contributed by atoms with van der Waals surface area (Å²) in [6.07, 6.45) is 2.58. The van der Waals surface area contributed by atoms with Crippen molar-refractivity contribution >= 4 is 0 Å². The van der Waals surface area contributed by atoms with Crippen LogP contribution < -0.4 is 5.32 Å². The van der Waals surface area contributed by atoms with Gasteiger partial charge in [-0.25, -0.2) is 0 Å². The van der Waals surface area contributed by atoms with Gasteiger partial charge in [-0.15, -0.1) is 0 Å². The number of hydrogen-bond donors (Lipinski definition) is 2. The SMILES string of the molecule is CCN1CCC(C(C)N[C@H](C)CO)CC1. The predicted molar refractivity (Wildman–Crippen MR) is 64.0 cm³/mol. The van der Waals surface area contributed by atoms with E-state index in [0.29, 0.717) is 6.04 Å². The Balaban J connectivity index is 2.26. The molecule has 0 spiro atoms. The van der Waals surface area contributed by atoms with Crippen molar-refractivity contribution in [2.75, 3.05) is 26.2 Å². The van der Waals surface area contributed by atoms with E-state index in [1.165, 1.54) is 32.5 Å². The van der Waals surface area contributed by atoms with Gasteiger partial charge in [0.25, 0.3) is 0 Å². The van der Waals surface area contributed by atoms with Crippen molar-refractivity contribution in [3.63, 3.8) is 0 Å². The molecule has 0 aliphatic carbocycles. The zero-order valence-electron chi connectivity index (χ0n) is 10.4. The fourth-order valence-electron chi connectivity index (χ4n) is 2.41. The lowest BCUT2D eigenvalue weighted by Gasteiger charge is -2.35. The van der Waals surface area contributed by atoms with E-state index in [1.807, 2.05) is 6.92 Å². The molecule has 1 saturated heterocycles. The average molecular weight is 214 g/mol. The number of rotatable bonds is 5. The molecule has 1 fully saturated rings. The molecule has 2 atom stereocenters. The van der Waals surface area contributed by atoms with Crippen molar-refractivity contribution in [1.29, 1.82) is 0 Å². The second kappa shape index (κ2) is 6.46. The van der Waals surface area contributed by atoms with E-state index in [1.54, 1.807) is 0 Å². The van der Waals surface area contributed by atoms with Gasteiger partial charge in [0.15, 0.2) is 0 Å². The smallest absolute Gasteiger partial charge is 0.0582 e. The summed E-state index contributed by atoms with van der Waals surface area (Å²) < 4.78 is 0. The topological polar surface area (TPSA) is 35.5 Å². The zero-order chi connectivity index (χ0) is 11.3. The Morgan fingerprint density at radius 2 is 1.93 bits per heavy atom. The first-order chi connectivity index (χ1) is 7.17. The number of aliphatic hydroxyl groups excluding tert-OH is 1. The Morgan fingerprint density at radius 1 is 1.33 bits per heavy atom. The number of nitrogens with one attached hydrogen (secondary N) is 1. The third-order valence-corrected chi connectivity index (χ3v) is 3.61. The standard InChI is InChI=1S/C12H26N2O/c1-4-14-7-5-12(6-8-14)11(3)13-10(2)9-15/h10-13,15H,4-9H2,1-3H3/t10-,11?/m1/s1. The number of piperidine rings is 1. The van der Waals surface area contributed by atoms with Gasteiger partial charge < -0.3 is 15.3 Å². The minimum atomic E-state index is 0.226. The molecule has 3 nitrogen and oxygen atoms in total. The lowest BCUT2D eigenvalue weighted by molar-refractivity contribution is 0.156. The number of hydrogen-bond acceptors (Lipinski definition) is 3. The van der Waals surface area contributed by atoms with Crippen LogP contribution in [0.2, 0.25) is 0 Å². The van der Waals surface area contributed by atoms with Crippen molar-refractivity contribution in [2.24, 2.45) is 5.92 Å². The highest BCUT2D eigenvalue weighted by Crippen LogP contribution is 2.20. The minimum Gasteiger partial charge on any atom is -0.395 e. The summed E-state index contributed by atoms with van der Waals surface area (Å²) in [5.74, 6) is 0.779. The van der Waals surface area contributed by atoms with Crippen molar-refractivity contribution < 1.29 is 5.11 Å². The molecule has 1 aliphatic heterocycles. The van der Waals surface area contributed by atoms with Gasteiger partial charge in [0.05, 0.1) is 6.61 Å². The van der Waals surface area contributed by atoms with Crippen LogP contribution in [0.3, 0.4) is 0 Å². The molecule has 0 aromatic heterocycles. The van der Waals surface area contributed by atoms with E-state index in [2.05, 4.69) is 24.1 Å². The van der Waals surface area contributed by atoms with Crippen LogP contribution in [-0.2, 0) is 0 Å². The maximum atomic E-state index is 8.99. The van der Waals surface area contributed by atoms with Crippen molar-refractivity contribution in [2.45, 2.75) is 45.7 Å². The highest BCUT2D eigenvalue weighted by molar-refractivity contribution is 4.80. The molecule has 3 heteroatoms. The van der Waals surface area contributed by atoms with Crippen LogP contribution in [0.5, 0.6) is 0 Å². The summed E-state index contributed by atoms with van der Waals surface area (Å²) in [5, 5.41) is 12.5. The summed E-state index contributed by atoms with van der Waals surface area (Å²) in [4.78, 5) is 2.51. The first-order valence-electron chi connectivity index (χ1n) is 6.26. The van der Waals surface area contributed by atoms with Crippen LogP contribution in [-0.4, -0.2) is 48.3 Å². The molecule has 15 heavy (non-hydrogen) atoms. The molecule has 1 aliphatic rings. The van der Waals surface area contributed by atoms with E-state index in [9.17, 15) is 0 Å². The quantitative estimate of drug-likeness (QED) is 0.719. The highest BCUT2D eigenvalue weighted by Gasteiger charge is 2.23. The van der Waals surface area contributed by atoms with E-state index >= 15 is 0 Å². The Labute approximate surface area is 93.9 Å². The zero-order valence-corrected chi connectivity index (χ0v) is 10.4. The third kappa shape index (κ3) is 4.09. The van der Waals surface area contributed by atoms with Crippen molar-refractivity contribution in [1.82, 2.24) is 10.2 Å². The first kappa shape index (κ1) is 12.9. The van der Waals surface area contributed by atoms with Crippen LogP contribution in [0.15, 0.2) is 0 Å². The Kier molecular flexibility index (Phi) is 5.58. The molecule has 1 unspecified atom stereocenters. The fraction of sp³-hybridized carbons (Fsp3) is 1.00. The van der Waals surface area contributed by atoms with E-state index in [0.717, 1.165) is 5.92 Å². The maximum Gasteiger partial charge on any atom is 0.0582 e. The maximum absolute atomic E-state index is 8.99. The first-order valence-corrected chi connectivity index (χ1v) is 6.26. The molecule has 0 bridgehead atoms. The second-order valence-electron chi connectivity index (χ2n) is 4.81. The van der Waals surface area contributed by atoms with Gasteiger partial charge in [-0.05, 0) is 52.2 Å². The molecule has 0 radical (unpaired) electrons. The largest absolute Gasteiger partial charge is 0.395 e.